The summed E-state index contributed by atoms with van der Waals surface area (Å²) in [5.41, 5.74) is 0.417. The number of carboxylic acid groups (broad SMARTS) is 1. The Labute approximate surface area is 181 Å². The van der Waals surface area contributed by atoms with Gasteiger partial charge in [-0.05, 0) is 24.5 Å². The predicted octanol–water partition coefficient (Wildman–Crippen LogP) is 3.75. The van der Waals surface area contributed by atoms with Gasteiger partial charge in [-0.1, -0.05) is 23.2 Å². The molecule has 0 unspecified atom stereocenters. The van der Waals surface area contributed by atoms with Crippen LogP contribution in [0.3, 0.4) is 0 Å². The number of aromatic nitrogens is 2. The van der Waals surface area contributed by atoms with Crippen molar-refractivity contribution >= 4 is 68.7 Å². The number of aliphatic carboxylic acids is 1. The highest BCUT2D eigenvalue weighted by Crippen LogP contribution is 2.35. The third-order valence-corrected chi connectivity index (χ3v) is 6.05. The molecule has 0 fully saturated rings. The van der Waals surface area contributed by atoms with Crippen LogP contribution in [0.4, 0.5) is 5.82 Å². The van der Waals surface area contributed by atoms with Gasteiger partial charge in [-0.25, -0.2) is 4.98 Å². The highest BCUT2D eigenvalue weighted by molar-refractivity contribution is 7.99. The molecular weight excluding hydrogens is 437 g/mol. The molecule has 0 amide bonds. The van der Waals surface area contributed by atoms with E-state index in [1.165, 1.54) is 22.4 Å². The number of methoxy groups -OCH3 is 1. The maximum Gasteiger partial charge on any atom is 0.323 e. The molecule has 0 aliphatic carbocycles. The Kier molecular flexibility index (Phi) is 6.58. The molecule has 29 heavy (non-hydrogen) atoms. The van der Waals surface area contributed by atoms with Gasteiger partial charge in [0.1, 0.15) is 18.0 Å². The van der Waals surface area contributed by atoms with E-state index in [4.69, 9.17) is 27.9 Å². The third-order valence-electron chi connectivity index (χ3n) is 4.53. The van der Waals surface area contributed by atoms with Crippen LogP contribution < -0.4 is 10.3 Å². The third kappa shape index (κ3) is 4.02. The molecule has 0 radical (unpaired) electrons. The lowest BCUT2D eigenvalue weighted by molar-refractivity contribution is -0.137. The number of hydrogen-bond acceptors (Lipinski definition) is 6. The van der Waals surface area contributed by atoms with Crippen LogP contribution >= 0.6 is 35.0 Å². The fourth-order valence-electron chi connectivity index (χ4n) is 3.18. The molecular formula is C19H19Cl2N3O4S. The number of fused-ring (bicyclic) bond motifs is 2. The second-order valence-electron chi connectivity index (χ2n) is 6.37. The van der Waals surface area contributed by atoms with Gasteiger partial charge in [-0.3, -0.25) is 9.59 Å². The summed E-state index contributed by atoms with van der Waals surface area (Å²) in [6.45, 7) is 0.600. The van der Waals surface area contributed by atoms with Crippen molar-refractivity contribution in [2.45, 2.75) is 11.4 Å². The summed E-state index contributed by atoms with van der Waals surface area (Å²) >= 11 is 14.1. The number of carbonyl (C=O) groups is 1. The Morgan fingerprint density at radius 3 is 2.66 bits per heavy atom. The lowest BCUT2D eigenvalue weighted by Gasteiger charge is -2.21. The van der Waals surface area contributed by atoms with Crippen LogP contribution in [0, 0.1) is 0 Å². The quantitative estimate of drug-likeness (QED) is 0.428. The molecule has 1 N–H and O–H groups in total. The lowest BCUT2D eigenvalue weighted by atomic mass is 10.1. The Bertz CT molecular complexity index is 1170. The topological polar surface area (TPSA) is 84.7 Å². The molecule has 1 aromatic carbocycles. The second-order valence-corrected chi connectivity index (χ2v) is 8.00. The zero-order chi connectivity index (χ0) is 21.3. The van der Waals surface area contributed by atoms with Crippen LogP contribution in [0.5, 0.6) is 0 Å². The highest BCUT2D eigenvalue weighted by atomic mass is 35.5. The second kappa shape index (κ2) is 8.79. The van der Waals surface area contributed by atoms with Gasteiger partial charge in [-0.2, -0.15) is 0 Å². The van der Waals surface area contributed by atoms with E-state index in [0.29, 0.717) is 44.8 Å². The molecule has 10 heteroatoms. The molecule has 0 aliphatic rings. The number of anilines is 1. The van der Waals surface area contributed by atoms with Gasteiger partial charge >= 0.3 is 5.97 Å². The van der Waals surface area contributed by atoms with Crippen molar-refractivity contribution in [1.29, 1.82) is 0 Å². The normalized spacial score (nSPS) is 11.3. The highest BCUT2D eigenvalue weighted by Gasteiger charge is 2.21. The van der Waals surface area contributed by atoms with Gasteiger partial charge < -0.3 is 19.3 Å². The predicted molar refractivity (Wildman–Crippen MR) is 118 cm³/mol. The van der Waals surface area contributed by atoms with Crippen LogP contribution in [0.1, 0.15) is 0 Å². The van der Waals surface area contributed by atoms with Crippen LogP contribution in [0.15, 0.2) is 27.9 Å². The van der Waals surface area contributed by atoms with Crippen LogP contribution in [-0.4, -0.2) is 54.2 Å². The van der Waals surface area contributed by atoms with Gasteiger partial charge in [0.25, 0.3) is 0 Å². The number of hydrogen-bond donors (Lipinski definition) is 1. The maximum absolute atomic E-state index is 13.2. The summed E-state index contributed by atoms with van der Waals surface area (Å²) in [7, 11) is 3.39. The molecule has 2 aromatic heterocycles. The first-order valence-electron chi connectivity index (χ1n) is 8.61. The number of pyridine rings is 2. The number of nitrogens with zero attached hydrogens (tertiary/aromatic N) is 3. The molecule has 3 rings (SSSR count). The van der Waals surface area contributed by atoms with Crippen molar-refractivity contribution in [3.05, 3.63) is 38.5 Å². The molecule has 0 bridgehead atoms. The van der Waals surface area contributed by atoms with Crippen LogP contribution in [0.2, 0.25) is 10.0 Å². The molecule has 0 atom stereocenters. The smallest absolute Gasteiger partial charge is 0.323 e. The summed E-state index contributed by atoms with van der Waals surface area (Å²) in [6.07, 6.45) is 1.82. The van der Waals surface area contributed by atoms with E-state index in [9.17, 15) is 14.7 Å². The monoisotopic (exact) mass is 455 g/mol. The van der Waals surface area contributed by atoms with E-state index >= 15 is 0 Å². The van der Waals surface area contributed by atoms with E-state index in [0.717, 1.165) is 0 Å². The van der Waals surface area contributed by atoms with Gasteiger partial charge in [0.2, 0.25) is 0 Å². The minimum Gasteiger partial charge on any atom is -0.480 e. The SMILES string of the molecule is COCCN(C)c1nc2c(cc1Cl)c(=O)c1ccc(Cl)c(SC)c1n2CC(=O)O. The number of carboxylic acids is 1. The number of benzene rings is 1. The van der Waals surface area contributed by atoms with Crippen molar-refractivity contribution < 1.29 is 14.6 Å². The molecule has 7 nitrogen and oxygen atoms in total. The summed E-state index contributed by atoms with van der Waals surface area (Å²) in [5.74, 6) is -0.629. The summed E-state index contributed by atoms with van der Waals surface area (Å²) in [4.78, 5) is 31.8. The molecule has 154 valence electrons. The average molecular weight is 456 g/mol. The zero-order valence-corrected chi connectivity index (χ0v) is 18.4. The largest absolute Gasteiger partial charge is 0.480 e. The number of thioether (sulfide) groups is 1. The van der Waals surface area contributed by atoms with E-state index in [1.54, 1.807) is 31.2 Å². The maximum atomic E-state index is 13.2. The first kappa shape index (κ1) is 21.7. The van der Waals surface area contributed by atoms with Gasteiger partial charge in [0.05, 0.1) is 32.5 Å². The first-order valence-corrected chi connectivity index (χ1v) is 10.6. The Morgan fingerprint density at radius 1 is 1.31 bits per heavy atom. The number of ether oxygens (including phenoxy) is 1. The molecule has 0 saturated carbocycles. The van der Waals surface area contributed by atoms with E-state index in [-0.39, 0.29) is 23.0 Å². The van der Waals surface area contributed by atoms with Crippen molar-refractivity contribution in [3.63, 3.8) is 0 Å². The zero-order valence-electron chi connectivity index (χ0n) is 16.0. The van der Waals surface area contributed by atoms with Crippen molar-refractivity contribution in [3.8, 4) is 0 Å². The van der Waals surface area contributed by atoms with Crippen molar-refractivity contribution in [2.24, 2.45) is 0 Å². The van der Waals surface area contributed by atoms with Gasteiger partial charge in [0.15, 0.2) is 5.43 Å². The summed E-state index contributed by atoms with van der Waals surface area (Å²) in [6, 6.07) is 4.77. The van der Waals surface area contributed by atoms with E-state index < -0.39 is 5.97 Å². The minimum atomic E-state index is -1.06. The number of likely N-dealkylation sites (N-methyl/N-ethyl adjacent to an activating group) is 1. The summed E-state index contributed by atoms with van der Waals surface area (Å²) < 4.78 is 6.61. The standard InChI is InChI=1S/C19H19Cl2N3O4S/c1-23(6-7-28-2)19-13(21)8-11-16(27)10-4-5-12(20)17(29-3)15(10)24(9-14(25)26)18(11)22-19/h4-5,8H,6-7,9H2,1-3H3,(H,25,26). The van der Waals surface area contributed by atoms with Crippen LogP contribution in [0.25, 0.3) is 21.9 Å². The van der Waals surface area contributed by atoms with E-state index in [2.05, 4.69) is 4.98 Å². The van der Waals surface area contributed by atoms with Crippen LogP contribution in [-0.2, 0) is 16.1 Å². The molecule has 0 saturated heterocycles. The van der Waals surface area contributed by atoms with Crippen molar-refractivity contribution in [2.75, 3.05) is 38.5 Å². The fraction of sp³-hybridized carbons (Fsp3) is 0.316. The molecule has 0 aliphatic heterocycles. The number of halogens is 2. The minimum absolute atomic E-state index is 0.242. The fourth-order valence-corrected chi connectivity index (χ4v) is 4.53. The van der Waals surface area contributed by atoms with E-state index in [1.807, 2.05) is 6.26 Å². The molecule has 3 aromatic rings. The first-order chi connectivity index (χ1) is 13.8. The molecule has 0 spiro atoms. The molecule has 2 heterocycles. The van der Waals surface area contributed by atoms with Gasteiger partial charge in [-0.15, -0.1) is 11.8 Å². The van der Waals surface area contributed by atoms with Crippen molar-refractivity contribution in [1.82, 2.24) is 9.55 Å². The summed E-state index contributed by atoms with van der Waals surface area (Å²) in [5, 5.41) is 10.9. The average Bonchev–Trinajstić information content (AvgIpc) is 2.68. The van der Waals surface area contributed by atoms with Gasteiger partial charge in [0, 0.05) is 26.1 Å². The Balaban J connectivity index is 2.46. The Morgan fingerprint density at radius 2 is 2.03 bits per heavy atom. The lowest BCUT2D eigenvalue weighted by Crippen LogP contribution is -2.24. The Hall–Kier alpha value is -2.00. The number of rotatable bonds is 7.